The first kappa shape index (κ1) is 22.1. The molecule has 2 saturated heterocycles. The molecule has 5 unspecified atom stereocenters. The van der Waals surface area contributed by atoms with E-state index in [0.29, 0.717) is 5.65 Å². The van der Waals surface area contributed by atoms with Crippen LogP contribution in [-0.4, -0.2) is 66.0 Å². The topological polar surface area (TPSA) is 125 Å². The first-order valence-corrected chi connectivity index (χ1v) is 13.7. The molecule has 0 bridgehead atoms. The second kappa shape index (κ2) is 9.27. The third kappa shape index (κ3) is 4.68. The second-order valence-electron chi connectivity index (χ2n) is 8.46. The monoisotopic (exact) mass is 489 g/mol. The zero-order chi connectivity index (χ0) is 21.5. The van der Waals surface area contributed by atoms with E-state index >= 15 is 0 Å². The summed E-state index contributed by atoms with van der Waals surface area (Å²) in [6.45, 7) is 2.18. The number of ether oxygens (including phenoxy) is 1. The highest BCUT2D eigenvalue weighted by atomic mass is 35.5. The molecule has 1 saturated carbocycles. The quantitative estimate of drug-likeness (QED) is 0.503. The Hall–Kier alpha value is -0.700. The van der Waals surface area contributed by atoms with E-state index in [2.05, 4.69) is 20.0 Å². The van der Waals surface area contributed by atoms with E-state index in [0.717, 1.165) is 49.3 Å². The summed E-state index contributed by atoms with van der Waals surface area (Å²) in [5, 5.41) is 4.58. The van der Waals surface area contributed by atoms with Crippen molar-refractivity contribution in [2.45, 2.75) is 44.3 Å². The number of fused-ring (bicyclic) bond motifs is 2. The van der Waals surface area contributed by atoms with Gasteiger partial charge in [0, 0.05) is 13.1 Å². The molecule has 0 amide bonds. The van der Waals surface area contributed by atoms with Crippen LogP contribution in [0.4, 0.5) is 5.82 Å². The molecule has 170 valence electrons. The second-order valence-corrected chi connectivity index (χ2v) is 11.6. The Labute approximate surface area is 187 Å². The van der Waals surface area contributed by atoms with Crippen LogP contribution in [0, 0.1) is 11.8 Å². The number of hydrogen-bond donors (Lipinski definition) is 3. The fraction of sp³-hybridized carbons (Fsp3) is 0.722. The first-order valence-electron chi connectivity index (χ1n) is 10.5. The summed E-state index contributed by atoms with van der Waals surface area (Å²) in [5.41, 5.74) is 1.52. The molecule has 2 aromatic rings. The van der Waals surface area contributed by atoms with E-state index < -0.39 is 16.8 Å². The number of halogens is 1. The van der Waals surface area contributed by atoms with Gasteiger partial charge in [0.15, 0.2) is 28.2 Å². The highest BCUT2D eigenvalue weighted by molar-refractivity contribution is 7.63. The van der Waals surface area contributed by atoms with Gasteiger partial charge in [0.05, 0.1) is 30.5 Å². The molecule has 2 aliphatic heterocycles. The summed E-state index contributed by atoms with van der Waals surface area (Å²) in [6, 6.07) is 0. The van der Waals surface area contributed by atoms with Gasteiger partial charge in [-0.15, -0.1) is 5.10 Å². The molecule has 5 rings (SSSR count). The Bertz CT molecular complexity index is 924. The number of imidazole rings is 1. The Kier molecular flexibility index (Phi) is 6.62. The number of aromatic nitrogens is 4. The number of hydrogen-bond acceptors (Lipinski definition) is 9. The van der Waals surface area contributed by atoms with Gasteiger partial charge in [-0.2, -0.15) is 4.98 Å². The van der Waals surface area contributed by atoms with E-state index in [1.807, 2.05) is 0 Å². The van der Waals surface area contributed by atoms with Crippen molar-refractivity contribution in [3.05, 3.63) is 17.2 Å². The predicted molar refractivity (Wildman–Crippen MR) is 117 cm³/mol. The molecule has 5 atom stereocenters. The van der Waals surface area contributed by atoms with Crippen molar-refractivity contribution in [3.8, 4) is 0 Å². The van der Waals surface area contributed by atoms with Crippen molar-refractivity contribution < 1.29 is 23.9 Å². The normalized spacial score (nSPS) is 29.4. The smallest absolute Gasteiger partial charge is 0.243 e. The van der Waals surface area contributed by atoms with Crippen molar-refractivity contribution in [2.24, 2.45) is 11.8 Å². The maximum atomic E-state index is 9.73. The molecular formula is C18H26ClN5O5P2. The summed E-state index contributed by atoms with van der Waals surface area (Å²) < 4.78 is 13.2. The lowest BCUT2D eigenvalue weighted by Gasteiger charge is -2.19. The zero-order valence-corrected chi connectivity index (χ0v) is 19.5. The van der Waals surface area contributed by atoms with Crippen molar-refractivity contribution in [1.82, 2.24) is 19.6 Å². The maximum absolute atomic E-state index is 9.73. The summed E-state index contributed by atoms with van der Waals surface area (Å²) in [6.07, 6.45) is 6.79. The van der Waals surface area contributed by atoms with Gasteiger partial charge < -0.3 is 28.8 Å². The molecular weight excluding hydrogens is 464 g/mol. The van der Waals surface area contributed by atoms with Gasteiger partial charge in [-0.3, -0.25) is 0 Å². The Morgan fingerprint density at radius 3 is 2.68 bits per heavy atom. The van der Waals surface area contributed by atoms with E-state index in [9.17, 15) is 4.89 Å². The van der Waals surface area contributed by atoms with Crippen LogP contribution in [0.5, 0.6) is 0 Å². The summed E-state index contributed by atoms with van der Waals surface area (Å²) >= 11 is 6.29. The molecule has 31 heavy (non-hydrogen) atoms. The van der Waals surface area contributed by atoms with E-state index in [1.165, 1.54) is 19.3 Å². The summed E-state index contributed by atoms with van der Waals surface area (Å²) in [4.78, 5) is 39.1. The Morgan fingerprint density at radius 1 is 1.16 bits per heavy atom. The van der Waals surface area contributed by atoms with Gasteiger partial charge in [-0.25, -0.2) is 9.50 Å². The minimum Gasteiger partial charge on any atom is -0.366 e. The number of anilines is 1. The van der Waals surface area contributed by atoms with Crippen LogP contribution in [-0.2, 0) is 9.26 Å². The van der Waals surface area contributed by atoms with Crippen LogP contribution in [0.3, 0.4) is 0 Å². The van der Waals surface area contributed by atoms with Crippen molar-refractivity contribution in [2.75, 3.05) is 30.5 Å². The van der Waals surface area contributed by atoms with Crippen molar-refractivity contribution >= 4 is 39.8 Å². The standard InChI is InChI=1S/C18H26ClN5O5P2/c19-18-21-17(23-7-11-2-1-3-12(11)8-23)16-20-6-14(24(16)22-18)15-5-4-13(29-15)9-28-31(27)10-30(25)26/h6,11-13,15,25-27H,1-5,7-10H2. The van der Waals surface area contributed by atoms with Crippen molar-refractivity contribution in [3.63, 3.8) is 0 Å². The molecule has 13 heteroatoms. The largest absolute Gasteiger partial charge is 0.366 e. The van der Waals surface area contributed by atoms with E-state index in [1.54, 1.807) is 10.7 Å². The average molecular weight is 490 g/mol. The lowest BCUT2D eigenvalue weighted by molar-refractivity contribution is 0.0151. The molecule has 3 fully saturated rings. The molecule has 3 aliphatic rings. The van der Waals surface area contributed by atoms with E-state index in [4.69, 9.17) is 30.6 Å². The summed E-state index contributed by atoms with van der Waals surface area (Å²) in [5.74, 6) is 2.11. The maximum Gasteiger partial charge on any atom is 0.243 e. The van der Waals surface area contributed by atoms with Gasteiger partial charge in [-0.1, -0.05) is 6.42 Å². The molecule has 4 heterocycles. The third-order valence-corrected chi connectivity index (χ3v) is 9.05. The van der Waals surface area contributed by atoms with Crippen LogP contribution in [0.25, 0.3) is 5.65 Å². The Balaban J connectivity index is 1.30. The van der Waals surface area contributed by atoms with E-state index in [-0.39, 0.29) is 30.0 Å². The molecule has 0 radical (unpaired) electrons. The Morgan fingerprint density at radius 2 is 1.94 bits per heavy atom. The molecule has 0 aromatic carbocycles. The van der Waals surface area contributed by atoms with Crippen LogP contribution in [0.1, 0.15) is 43.9 Å². The highest BCUT2D eigenvalue weighted by Gasteiger charge is 2.38. The fourth-order valence-electron chi connectivity index (χ4n) is 5.06. The van der Waals surface area contributed by atoms with Gasteiger partial charge in [-0.05, 0) is 49.1 Å². The van der Waals surface area contributed by atoms with Crippen LogP contribution in [0.15, 0.2) is 6.20 Å². The fourth-order valence-corrected chi connectivity index (χ4v) is 6.75. The van der Waals surface area contributed by atoms with Gasteiger partial charge in [0.1, 0.15) is 6.10 Å². The van der Waals surface area contributed by atoms with Crippen LogP contribution >= 0.6 is 28.4 Å². The average Bonchev–Trinajstić information content (AvgIpc) is 3.47. The lowest BCUT2D eigenvalue weighted by Crippen LogP contribution is -2.23. The molecule has 3 N–H and O–H groups in total. The van der Waals surface area contributed by atoms with Crippen molar-refractivity contribution in [1.29, 1.82) is 0 Å². The zero-order valence-electron chi connectivity index (χ0n) is 16.9. The summed E-state index contributed by atoms with van der Waals surface area (Å²) in [7, 11) is -4.02. The minimum atomic E-state index is -2.17. The van der Waals surface area contributed by atoms with Gasteiger partial charge in [0.2, 0.25) is 5.28 Å². The third-order valence-electron chi connectivity index (χ3n) is 6.47. The minimum absolute atomic E-state index is 0.134. The number of nitrogens with zero attached hydrogens (tertiary/aromatic N) is 5. The SMILES string of the molecule is OP(O)CP(O)OCC1CCC(c2cnc3c(N4CC5CCCC5C4)nc(Cl)nn23)O1. The molecule has 2 aromatic heterocycles. The van der Waals surface area contributed by atoms with Gasteiger partial charge in [0.25, 0.3) is 0 Å². The highest BCUT2D eigenvalue weighted by Crippen LogP contribution is 2.45. The molecule has 0 spiro atoms. The predicted octanol–water partition coefficient (Wildman–Crippen LogP) is 2.81. The molecule has 1 aliphatic carbocycles. The van der Waals surface area contributed by atoms with Gasteiger partial charge >= 0.3 is 0 Å². The van der Waals surface area contributed by atoms with Crippen LogP contribution in [0.2, 0.25) is 5.28 Å². The van der Waals surface area contributed by atoms with Crippen LogP contribution < -0.4 is 4.90 Å². The molecule has 10 nitrogen and oxygen atoms in total. The first-order chi connectivity index (χ1) is 15.0. The lowest BCUT2D eigenvalue weighted by atomic mass is 10.0. The number of rotatable bonds is 7.